The minimum atomic E-state index is -0.208. The molecule has 1 saturated carbocycles. The number of carbonyl (C=O) groups is 1. The van der Waals surface area contributed by atoms with Crippen LogP contribution in [0.4, 0.5) is 0 Å². The molecule has 13 heavy (non-hydrogen) atoms. The second-order valence-electron chi connectivity index (χ2n) is 3.20. The van der Waals surface area contributed by atoms with Crippen LogP contribution in [0, 0.1) is 0 Å². The van der Waals surface area contributed by atoms with Crippen LogP contribution < -0.4 is 5.32 Å². The van der Waals surface area contributed by atoms with E-state index in [1.54, 1.807) is 0 Å². The molecule has 76 valence electrons. The Morgan fingerprint density at radius 2 is 2.23 bits per heavy atom. The Balaban J connectivity index is 1.98. The van der Waals surface area contributed by atoms with Gasteiger partial charge in [0.15, 0.2) is 0 Å². The molecule has 1 fully saturated rings. The molecule has 1 rings (SSSR count). The summed E-state index contributed by atoms with van der Waals surface area (Å²) in [6.07, 6.45) is 2.40. The standard InChI is InChI=1S/C9H17NO3/c1-3-13-8-4-7(5-8)10-6-9(11)12-2/h7-8,10H,3-6H2,1-2H3. The molecule has 0 aliphatic heterocycles. The van der Waals surface area contributed by atoms with Gasteiger partial charge < -0.3 is 14.8 Å². The molecule has 1 aliphatic carbocycles. The zero-order valence-corrected chi connectivity index (χ0v) is 8.21. The molecule has 0 spiro atoms. The number of hydrogen-bond donors (Lipinski definition) is 1. The number of hydrogen-bond acceptors (Lipinski definition) is 4. The number of nitrogens with one attached hydrogen (secondary N) is 1. The average molecular weight is 187 g/mol. The molecular formula is C9H17NO3. The molecule has 1 N–H and O–H groups in total. The van der Waals surface area contributed by atoms with Crippen molar-refractivity contribution >= 4 is 5.97 Å². The van der Waals surface area contributed by atoms with Gasteiger partial charge in [0, 0.05) is 12.6 Å². The Labute approximate surface area is 78.6 Å². The van der Waals surface area contributed by atoms with E-state index in [2.05, 4.69) is 10.1 Å². The first kappa shape index (κ1) is 10.5. The van der Waals surface area contributed by atoms with Crippen molar-refractivity contribution in [2.75, 3.05) is 20.3 Å². The van der Waals surface area contributed by atoms with E-state index in [4.69, 9.17) is 4.74 Å². The Morgan fingerprint density at radius 3 is 2.77 bits per heavy atom. The summed E-state index contributed by atoms with van der Waals surface area (Å²) in [5, 5.41) is 3.10. The Kier molecular flexibility index (Phi) is 4.18. The van der Waals surface area contributed by atoms with Gasteiger partial charge in [0.1, 0.15) is 0 Å². The van der Waals surface area contributed by atoms with Crippen LogP contribution in [0.5, 0.6) is 0 Å². The molecule has 0 atom stereocenters. The molecule has 0 aromatic carbocycles. The highest BCUT2D eigenvalue weighted by Gasteiger charge is 2.29. The summed E-state index contributed by atoms with van der Waals surface area (Å²) < 4.78 is 9.90. The van der Waals surface area contributed by atoms with E-state index in [1.165, 1.54) is 7.11 Å². The topological polar surface area (TPSA) is 47.6 Å². The predicted octanol–water partition coefficient (Wildman–Crippen LogP) is 0.317. The number of esters is 1. The van der Waals surface area contributed by atoms with Crippen LogP contribution >= 0.6 is 0 Å². The summed E-state index contributed by atoms with van der Waals surface area (Å²) in [7, 11) is 1.40. The van der Waals surface area contributed by atoms with Gasteiger partial charge in [-0.2, -0.15) is 0 Å². The van der Waals surface area contributed by atoms with E-state index in [0.29, 0.717) is 18.7 Å². The largest absolute Gasteiger partial charge is 0.468 e. The molecule has 0 aromatic heterocycles. The van der Waals surface area contributed by atoms with Gasteiger partial charge in [-0.05, 0) is 19.8 Å². The van der Waals surface area contributed by atoms with Gasteiger partial charge in [-0.1, -0.05) is 0 Å². The van der Waals surface area contributed by atoms with E-state index in [9.17, 15) is 4.79 Å². The molecule has 0 bridgehead atoms. The van der Waals surface area contributed by atoms with Crippen molar-refractivity contribution < 1.29 is 14.3 Å². The first-order chi connectivity index (χ1) is 6.26. The summed E-state index contributed by atoms with van der Waals surface area (Å²) >= 11 is 0. The van der Waals surface area contributed by atoms with E-state index >= 15 is 0 Å². The van der Waals surface area contributed by atoms with Crippen molar-refractivity contribution in [3.8, 4) is 0 Å². The summed E-state index contributed by atoms with van der Waals surface area (Å²) in [4.78, 5) is 10.7. The van der Waals surface area contributed by atoms with Crippen molar-refractivity contribution in [2.24, 2.45) is 0 Å². The van der Waals surface area contributed by atoms with Crippen LogP contribution in [-0.2, 0) is 14.3 Å². The first-order valence-electron chi connectivity index (χ1n) is 4.68. The lowest BCUT2D eigenvalue weighted by Gasteiger charge is -2.35. The SMILES string of the molecule is CCOC1CC(NCC(=O)OC)C1. The van der Waals surface area contributed by atoms with E-state index < -0.39 is 0 Å². The summed E-state index contributed by atoms with van der Waals surface area (Å²) in [6, 6.07) is 0.427. The van der Waals surface area contributed by atoms with Crippen LogP contribution in [0.3, 0.4) is 0 Å². The van der Waals surface area contributed by atoms with Crippen LogP contribution in [0.25, 0.3) is 0 Å². The van der Waals surface area contributed by atoms with Gasteiger partial charge in [-0.25, -0.2) is 0 Å². The number of methoxy groups -OCH3 is 1. The highest BCUT2D eigenvalue weighted by molar-refractivity contribution is 5.71. The minimum Gasteiger partial charge on any atom is -0.468 e. The van der Waals surface area contributed by atoms with Crippen molar-refractivity contribution in [3.05, 3.63) is 0 Å². The molecule has 0 aromatic rings. The number of rotatable bonds is 5. The second kappa shape index (κ2) is 5.19. The van der Waals surface area contributed by atoms with Crippen molar-refractivity contribution in [1.82, 2.24) is 5.32 Å². The summed E-state index contributed by atoms with van der Waals surface area (Å²) in [5.41, 5.74) is 0. The Morgan fingerprint density at radius 1 is 1.54 bits per heavy atom. The van der Waals surface area contributed by atoms with Gasteiger partial charge in [0.25, 0.3) is 0 Å². The molecule has 0 unspecified atom stereocenters. The molecule has 4 nitrogen and oxygen atoms in total. The maximum absolute atomic E-state index is 10.7. The highest BCUT2D eigenvalue weighted by Crippen LogP contribution is 2.22. The third-order valence-corrected chi connectivity index (χ3v) is 2.26. The molecular weight excluding hydrogens is 170 g/mol. The van der Waals surface area contributed by atoms with E-state index in [0.717, 1.165) is 19.4 Å². The Bertz CT molecular complexity index is 166. The monoisotopic (exact) mass is 187 g/mol. The number of carbonyl (C=O) groups excluding carboxylic acids is 1. The molecule has 0 radical (unpaired) electrons. The third kappa shape index (κ3) is 3.32. The zero-order chi connectivity index (χ0) is 9.68. The highest BCUT2D eigenvalue weighted by atomic mass is 16.5. The van der Waals surface area contributed by atoms with Gasteiger partial charge in [0.05, 0.1) is 19.8 Å². The maximum Gasteiger partial charge on any atom is 0.319 e. The molecule has 0 amide bonds. The van der Waals surface area contributed by atoms with Gasteiger partial charge in [-0.3, -0.25) is 4.79 Å². The average Bonchev–Trinajstić information content (AvgIpc) is 2.08. The lowest BCUT2D eigenvalue weighted by molar-refractivity contribution is -0.140. The molecule has 0 saturated heterocycles. The summed E-state index contributed by atoms with van der Waals surface area (Å²) in [6.45, 7) is 3.07. The van der Waals surface area contributed by atoms with Crippen molar-refractivity contribution in [2.45, 2.75) is 31.9 Å². The third-order valence-electron chi connectivity index (χ3n) is 2.26. The summed E-state index contributed by atoms with van der Waals surface area (Å²) in [5.74, 6) is -0.208. The van der Waals surface area contributed by atoms with Crippen LogP contribution in [0.15, 0.2) is 0 Å². The molecule has 4 heteroatoms. The Hall–Kier alpha value is -0.610. The molecule has 0 heterocycles. The van der Waals surface area contributed by atoms with E-state index in [-0.39, 0.29) is 5.97 Å². The lowest BCUT2D eigenvalue weighted by atomic mass is 9.89. The smallest absolute Gasteiger partial charge is 0.319 e. The predicted molar refractivity (Wildman–Crippen MR) is 48.5 cm³/mol. The number of ether oxygens (including phenoxy) is 2. The maximum atomic E-state index is 10.7. The molecule has 1 aliphatic rings. The lowest BCUT2D eigenvalue weighted by Crippen LogP contribution is -2.47. The fourth-order valence-electron chi connectivity index (χ4n) is 1.40. The van der Waals surface area contributed by atoms with Gasteiger partial charge in [0.2, 0.25) is 0 Å². The fourth-order valence-corrected chi connectivity index (χ4v) is 1.40. The van der Waals surface area contributed by atoms with Crippen molar-refractivity contribution in [1.29, 1.82) is 0 Å². The van der Waals surface area contributed by atoms with Crippen molar-refractivity contribution in [3.63, 3.8) is 0 Å². The van der Waals surface area contributed by atoms with E-state index in [1.807, 2.05) is 6.92 Å². The second-order valence-corrected chi connectivity index (χ2v) is 3.20. The van der Waals surface area contributed by atoms with Crippen LogP contribution in [0.2, 0.25) is 0 Å². The minimum absolute atomic E-state index is 0.208. The van der Waals surface area contributed by atoms with Crippen LogP contribution in [-0.4, -0.2) is 38.4 Å². The van der Waals surface area contributed by atoms with Gasteiger partial charge >= 0.3 is 5.97 Å². The fraction of sp³-hybridized carbons (Fsp3) is 0.889. The quantitative estimate of drug-likeness (QED) is 0.629. The normalized spacial score (nSPS) is 26.6. The zero-order valence-electron chi connectivity index (χ0n) is 8.21. The first-order valence-corrected chi connectivity index (χ1v) is 4.68. The van der Waals surface area contributed by atoms with Crippen LogP contribution in [0.1, 0.15) is 19.8 Å². The van der Waals surface area contributed by atoms with Gasteiger partial charge in [-0.15, -0.1) is 0 Å².